The van der Waals surface area contributed by atoms with Crippen LogP contribution in [0.1, 0.15) is 84.5 Å². The molecule has 0 fully saturated rings. The van der Waals surface area contributed by atoms with Crippen molar-refractivity contribution >= 4 is 5.97 Å². The zero-order chi connectivity index (χ0) is 19.8. The summed E-state index contributed by atoms with van der Waals surface area (Å²) in [5.41, 5.74) is 0. The molecule has 2 nitrogen and oxygen atoms in total. The third-order valence-corrected chi connectivity index (χ3v) is 3.88. The zero-order valence-corrected chi connectivity index (χ0v) is 17.6. The fourth-order valence-corrected chi connectivity index (χ4v) is 2.36. The van der Waals surface area contributed by atoms with Crippen LogP contribution in [0.5, 0.6) is 0 Å². The summed E-state index contributed by atoms with van der Waals surface area (Å²) in [7, 11) is 0. The van der Waals surface area contributed by atoms with Crippen LogP contribution in [0.15, 0.2) is 60.8 Å². The lowest BCUT2D eigenvalue weighted by molar-refractivity contribution is -0.143. The van der Waals surface area contributed by atoms with Gasteiger partial charge in [0.2, 0.25) is 0 Å². The van der Waals surface area contributed by atoms with Gasteiger partial charge in [-0.1, -0.05) is 81.0 Å². The van der Waals surface area contributed by atoms with Crippen molar-refractivity contribution < 1.29 is 9.53 Å². The standard InChI is InChI=1S/C25H40O2/c1-3-5-6-7-8-9-10-11-12-13-14-15-16-17-18-19-20-21-22-23-25(26)27-24-4-2/h5-6,8-9,11-12,14-15,17-18H,3-4,7,10,13,16,19-24H2,1-2H3/b6-5?,9-8?,12-11?,15-14?,18-17-. The topological polar surface area (TPSA) is 26.3 Å². The first kappa shape index (κ1) is 25.2. The van der Waals surface area contributed by atoms with E-state index in [-0.39, 0.29) is 5.97 Å². The van der Waals surface area contributed by atoms with E-state index in [1.54, 1.807) is 0 Å². The van der Waals surface area contributed by atoms with Crippen LogP contribution in [0, 0.1) is 0 Å². The Bertz CT molecular complexity index is 467. The van der Waals surface area contributed by atoms with Crippen LogP contribution in [0.25, 0.3) is 0 Å². The van der Waals surface area contributed by atoms with E-state index >= 15 is 0 Å². The third-order valence-electron chi connectivity index (χ3n) is 3.88. The van der Waals surface area contributed by atoms with Gasteiger partial charge in [-0.05, 0) is 57.8 Å². The highest BCUT2D eigenvalue weighted by atomic mass is 16.5. The van der Waals surface area contributed by atoms with Crippen LogP contribution in [0.4, 0.5) is 0 Å². The number of ether oxygens (including phenoxy) is 1. The van der Waals surface area contributed by atoms with E-state index in [9.17, 15) is 4.79 Å². The SMILES string of the molecule is CCC=CCC=CCC=CCC=CC/C=C\CCCCCC(=O)OCCC. The maximum Gasteiger partial charge on any atom is 0.305 e. The molecule has 2 heteroatoms. The number of rotatable bonds is 17. The molecule has 0 spiro atoms. The van der Waals surface area contributed by atoms with Crippen molar-refractivity contribution in [2.45, 2.75) is 84.5 Å². The molecule has 0 aromatic rings. The second-order valence-corrected chi connectivity index (χ2v) is 6.53. The van der Waals surface area contributed by atoms with E-state index < -0.39 is 0 Å². The van der Waals surface area contributed by atoms with E-state index in [1.165, 1.54) is 0 Å². The largest absolute Gasteiger partial charge is 0.466 e. The maximum atomic E-state index is 11.3. The fraction of sp³-hybridized carbons (Fsp3) is 0.560. The summed E-state index contributed by atoms with van der Waals surface area (Å²) < 4.78 is 5.06. The van der Waals surface area contributed by atoms with Gasteiger partial charge in [0.05, 0.1) is 6.61 Å². The van der Waals surface area contributed by atoms with Crippen molar-refractivity contribution in [1.29, 1.82) is 0 Å². The molecule has 152 valence electrons. The van der Waals surface area contributed by atoms with Crippen LogP contribution in [-0.2, 0) is 9.53 Å². The van der Waals surface area contributed by atoms with Crippen molar-refractivity contribution in [1.82, 2.24) is 0 Å². The Morgan fingerprint density at radius 2 is 1.19 bits per heavy atom. The number of allylic oxidation sites excluding steroid dienone is 10. The van der Waals surface area contributed by atoms with E-state index in [4.69, 9.17) is 4.74 Å². The molecule has 0 radical (unpaired) electrons. The first-order chi connectivity index (χ1) is 13.3. The second-order valence-electron chi connectivity index (χ2n) is 6.53. The Kier molecular flexibility index (Phi) is 20.7. The molecule has 0 saturated carbocycles. The predicted molar refractivity (Wildman–Crippen MR) is 119 cm³/mol. The van der Waals surface area contributed by atoms with E-state index in [1.807, 2.05) is 6.92 Å². The van der Waals surface area contributed by atoms with Crippen LogP contribution in [0.3, 0.4) is 0 Å². The first-order valence-electron chi connectivity index (χ1n) is 10.7. The van der Waals surface area contributed by atoms with Crippen LogP contribution in [-0.4, -0.2) is 12.6 Å². The summed E-state index contributed by atoms with van der Waals surface area (Å²) in [5.74, 6) is -0.0493. The molecule has 0 bridgehead atoms. The molecule has 0 amide bonds. The van der Waals surface area contributed by atoms with Crippen molar-refractivity contribution in [3.63, 3.8) is 0 Å². The fourth-order valence-electron chi connectivity index (χ4n) is 2.36. The minimum atomic E-state index is -0.0493. The molecule has 0 saturated heterocycles. The number of esters is 1. The number of carbonyl (C=O) groups excluding carboxylic acids is 1. The van der Waals surface area contributed by atoms with Gasteiger partial charge in [-0.2, -0.15) is 0 Å². The molecular weight excluding hydrogens is 332 g/mol. The smallest absolute Gasteiger partial charge is 0.305 e. The van der Waals surface area contributed by atoms with Gasteiger partial charge in [-0.15, -0.1) is 0 Å². The average molecular weight is 373 g/mol. The quantitative estimate of drug-likeness (QED) is 0.149. The predicted octanol–water partition coefficient (Wildman–Crippen LogP) is 7.64. The number of carbonyl (C=O) groups is 1. The normalized spacial score (nSPS) is 12.5. The summed E-state index contributed by atoms with van der Waals surface area (Å²) >= 11 is 0. The zero-order valence-electron chi connectivity index (χ0n) is 17.6. The van der Waals surface area contributed by atoms with Gasteiger partial charge in [0.15, 0.2) is 0 Å². The average Bonchev–Trinajstić information content (AvgIpc) is 2.68. The lowest BCUT2D eigenvalue weighted by Gasteiger charge is -2.02. The highest BCUT2D eigenvalue weighted by molar-refractivity contribution is 5.69. The van der Waals surface area contributed by atoms with Gasteiger partial charge >= 0.3 is 5.97 Å². The van der Waals surface area contributed by atoms with Crippen molar-refractivity contribution in [2.75, 3.05) is 6.61 Å². The number of hydrogen-bond acceptors (Lipinski definition) is 2. The Balaban J connectivity index is 3.44. The highest BCUT2D eigenvalue weighted by Gasteiger charge is 2.00. The summed E-state index contributed by atoms with van der Waals surface area (Å²) in [5, 5.41) is 0. The Labute approximate surface area is 167 Å². The molecule has 0 N–H and O–H groups in total. The summed E-state index contributed by atoms with van der Waals surface area (Å²) in [6, 6.07) is 0. The molecule has 0 aliphatic rings. The molecule has 0 atom stereocenters. The van der Waals surface area contributed by atoms with Crippen LogP contribution < -0.4 is 0 Å². The molecule has 0 rings (SSSR count). The van der Waals surface area contributed by atoms with Crippen LogP contribution in [0.2, 0.25) is 0 Å². The number of unbranched alkanes of at least 4 members (excludes halogenated alkanes) is 3. The van der Waals surface area contributed by atoms with Gasteiger partial charge in [-0.25, -0.2) is 0 Å². The van der Waals surface area contributed by atoms with Crippen molar-refractivity contribution in [3.05, 3.63) is 60.8 Å². The highest BCUT2D eigenvalue weighted by Crippen LogP contribution is 2.05. The summed E-state index contributed by atoms with van der Waals surface area (Å²) in [4.78, 5) is 11.3. The molecule has 0 aromatic heterocycles. The lowest BCUT2D eigenvalue weighted by Crippen LogP contribution is -2.04. The summed E-state index contributed by atoms with van der Waals surface area (Å²) in [6.45, 7) is 4.72. The minimum Gasteiger partial charge on any atom is -0.466 e. The Morgan fingerprint density at radius 1 is 0.667 bits per heavy atom. The van der Waals surface area contributed by atoms with Gasteiger partial charge in [0.25, 0.3) is 0 Å². The van der Waals surface area contributed by atoms with E-state index in [0.29, 0.717) is 13.0 Å². The molecule has 0 aliphatic heterocycles. The van der Waals surface area contributed by atoms with Gasteiger partial charge in [-0.3, -0.25) is 4.79 Å². The summed E-state index contributed by atoms with van der Waals surface area (Å²) in [6.07, 6.45) is 33.1. The lowest BCUT2D eigenvalue weighted by atomic mass is 10.1. The first-order valence-corrected chi connectivity index (χ1v) is 10.7. The molecule has 0 aromatic carbocycles. The van der Waals surface area contributed by atoms with Gasteiger partial charge < -0.3 is 4.74 Å². The molecule has 0 aliphatic carbocycles. The van der Waals surface area contributed by atoms with E-state index in [0.717, 1.165) is 64.2 Å². The minimum absolute atomic E-state index is 0.0493. The number of hydrogen-bond donors (Lipinski definition) is 0. The second kappa shape index (κ2) is 22.2. The van der Waals surface area contributed by atoms with Gasteiger partial charge in [0.1, 0.15) is 0 Å². The molecule has 27 heavy (non-hydrogen) atoms. The Hall–Kier alpha value is -1.83. The van der Waals surface area contributed by atoms with Crippen molar-refractivity contribution in [2.24, 2.45) is 0 Å². The molecular formula is C25H40O2. The molecule has 0 heterocycles. The monoisotopic (exact) mass is 372 g/mol. The third kappa shape index (κ3) is 22.1. The Morgan fingerprint density at radius 3 is 1.70 bits per heavy atom. The molecule has 0 unspecified atom stereocenters. The maximum absolute atomic E-state index is 11.3. The van der Waals surface area contributed by atoms with Gasteiger partial charge in [0, 0.05) is 6.42 Å². The van der Waals surface area contributed by atoms with Crippen LogP contribution >= 0.6 is 0 Å². The van der Waals surface area contributed by atoms with E-state index in [2.05, 4.69) is 67.7 Å². The van der Waals surface area contributed by atoms with Crippen molar-refractivity contribution in [3.8, 4) is 0 Å².